The highest BCUT2D eigenvalue weighted by molar-refractivity contribution is 7.89. The smallest absolute Gasteiger partial charge is 0.240 e. The molecule has 1 aromatic carbocycles. The summed E-state index contributed by atoms with van der Waals surface area (Å²) in [6, 6.07) is 5.08. The van der Waals surface area contributed by atoms with Crippen LogP contribution in [0.1, 0.15) is 5.56 Å². The quantitative estimate of drug-likeness (QED) is 0.443. The van der Waals surface area contributed by atoms with Crippen LogP contribution in [-0.2, 0) is 10.0 Å². The minimum Gasteiger partial charge on any atom is -0.395 e. The predicted octanol–water partition coefficient (Wildman–Crippen LogP) is -1.67. The Balaban J connectivity index is 2.01. The first-order valence-corrected chi connectivity index (χ1v) is 8.13. The summed E-state index contributed by atoms with van der Waals surface area (Å²) >= 11 is 0. The highest BCUT2D eigenvalue weighted by atomic mass is 32.2. The zero-order valence-corrected chi connectivity index (χ0v) is 12.4. The summed E-state index contributed by atoms with van der Waals surface area (Å²) in [5, 5.41) is 31.3. The molecule has 0 aliphatic carbocycles. The second kappa shape index (κ2) is 6.39. The van der Waals surface area contributed by atoms with Crippen LogP contribution in [0.2, 0.25) is 0 Å². The lowest BCUT2D eigenvalue weighted by Crippen LogP contribution is -2.44. The maximum absolute atomic E-state index is 12.1. The molecule has 1 aromatic rings. The molecule has 2 rings (SSSR count). The van der Waals surface area contributed by atoms with Crippen LogP contribution < -0.4 is 10.0 Å². The number of hydrogen-bond acceptors (Lipinski definition) is 6. The number of sulfonamides is 1. The third kappa shape index (κ3) is 3.60. The summed E-state index contributed by atoms with van der Waals surface area (Å²) in [4.78, 5) is 0.139. The van der Waals surface area contributed by atoms with Gasteiger partial charge in [-0.25, -0.2) is 13.1 Å². The standard InChI is InChI=1S/C13H20N2O5S/c1-8-2-4-9(5-3-8)21(19,20)14-6-10-12(17)13(18)11(7-16)15-10/h2-5,10-18H,6-7H2,1H3/t10-,11-,12+,13+/m0/s1. The fraction of sp³-hybridized carbons (Fsp3) is 0.538. The molecule has 5 N–H and O–H groups in total. The Labute approximate surface area is 123 Å². The normalized spacial score (nSPS) is 29.7. The number of aliphatic hydroxyl groups is 3. The molecule has 1 aliphatic rings. The van der Waals surface area contributed by atoms with Crippen LogP contribution in [0.15, 0.2) is 29.2 Å². The van der Waals surface area contributed by atoms with Crippen LogP contribution in [0.4, 0.5) is 0 Å². The molecule has 0 amide bonds. The van der Waals surface area contributed by atoms with E-state index in [0.717, 1.165) is 5.56 Å². The van der Waals surface area contributed by atoms with Crippen LogP contribution in [0.5, 0.6) is 0 Å². The molecule has 1 fully saturated rings. The van der Waals surface area contributed by atoms with Crippen LogP contribution in [0.3, 0.4) is 0 Å². The summed E-state index contributed by atoms with van der Waals surface area (Å²) < 4.78 is 26.6. The fourth-order valence-electron chi connectivity index (χ4n) is 2.29. The van der Waals surface area contributed by atoms with Crippen molar-refractivity contribution in [2.75, 3.05) is 13.2 Å². The van der Waals surface area contributed by atoms with Gasteiger partial charge < -0.3 is 20.6 Å². The molecule has 118 valence electrons. The third-order valence-corrected chi connectivity index (χ3v) is 5.06. The lowest BCUT2D eigenvalue weighted by Gasteiger charge is -2.16. The van der Waals surface area contributed by atoms with Gasteiger partial charge in [-0.15, -0.1) is 0 Å². The van der Waals surface area contributed by atoms with Gasteiger partial charge in [0.2, 0.25) is 10.0 Å². The number of aliphatic hydroxyl groups excluding tert-OH is 3. The third-order valence-electron chi connectivity index (χ3n) is 3.62. The molecular weight excluding hydrogens is 296 g/mol. The van der Waals surface area contributed by atoms with Crippen molar-refractivity contribution in [3.05, 3.63) is 29.8 Å². The lowest BCUT2D eigenvalue weighted by molar-refractivity contribution is 0.0202. The second-order valence-electron chi connectivity index (χ2n) is 5.21. The Bertz CT molecular complexity index is 575. The van der Waals surface area contributed by atoms with Crippen molar-refractivity contribution in [2.24, 2.45) is 0 Å². The SMILES string of the molecule is Cc1ccc(S(=O)(=O)NC[C@@H]2N[C@@H](CO)[C@@H](O)[C@@H]2O)cc1. The minimum absolute atomic E-state index is 0.0784. The van der Waals surface area contributed by atoms with E-state index in [1.165, 1.54) is 12.1 Å². The van der Waals surface area contributed by atoms with E-state index in [0.29, 0.717) is 0 Å². The van der Waals surface area contributed by atoms with E-state index in [1.807, 2.05) is 6.92 Å². The number of benzene rings is 1. The number of rotatable bonds is 5. The lowest BCUT2D eigenvalue weighted by atomic mass is 10.1. The van der Waals surface area contributed by atoms with E-state index in [9.17, 15) is 18.6 Å². The second-order valence-corrected chi connectivity index (χ2v) is 6.98. The van der Waals surface area contributed by atoms with Crippen molar-refractivity contribution in [3.63, 3.8) is 0 Å². The fourth-order valence-corrected chi connectivity index (χ4v) is 3.35. The molecule has 0 spiro atoms. The van der Waals surface area contributed by atoms with E-state index in [4.69, 9.17) is 5.11 Å². The van der Waals surface area contributed by atoms with Gasteiger partial charge in [-0.3, -0.25) is 0 Å². The summed E-state index contributed by atoms with van der Waals surface area (Å²) in [7, 11) is -3.67. The Morgan fingerprint density at radius 1 is 1.14 bits per heavy atom. The van der Waals surface area contributed by atoms with Gasteiger partial charge in [0.1, 0.15) is 0 Å². The van der Waals surface area contributed by atoms with Gasteiger partial charge >= 0.3 is 0 Å². The Kier molecular flexibility index (Phi) is 4.97. The van der Waals surface area contributed by atoms with Gasteiger partial charge in [0.25, 0.3) is 0 Å². The molecule has 1 aliphatic heterocycles. The summed E-state index contributed by atoms with van der Waals surface area (Å²) in [6.45, 7) is 1.45. The summed E-state index contributed by atoms with van der Waals surface area (Å²) in [5.41, 5.74) is 0.954. The predicted molar refractivity (Wildman–Crippen MR) is 76.2 cm³/mol. The van der Waals surface area contributed by atoms with E-state index >= 15 is 0 Å². The average molecular weight is 316 g/mol. The van der Waals surface area contributed by atoms with Crippen molar-refractivity contribution in [1.82, 2.24) is 10.0 Å². The first-order chi connectivity index (χ1) is 9.85. The van der Waals surface area contributed by atoms with Crippen molar-refractivity contribution >= 4 is 10.0 Å². The van der Waals surface area contributed by atoms with Crippen LogP contribution in [0, 0.1) is 6.92 Å². The minimum atomic E-state index is -3.67. The van der Waals surface area contributed by atoms with Gasteiger partial charge in [-0.2, -0.15) is 0 Å². The van der Waals surface area contributed by atoms with Gasteiger partial charge in [0.15, 0.2) is 0 Å². The Morgan fingerprint density at radius 2 is 1.71 bits per heavy atom. The Morgan fingerprint density at radius 3 is 2.24 bits per heavy atom. The van der Waals surface area contributed by atoms with Crippen molar-refractivity contribution in [2.45, 2.75) is 36.1 Å². The van der Waals surface area contributed by atoms with Crippen LogP contribution >= 0.6 is 0 Å². The van der Waals surface area contributed by atoms with Gasteiger partial charge in [0, 0.05) is 12.6 Å². The summed E-state index contributed by atoms with van der Waals surface area (Å²) in [5.74, 6) is 0. The van der Waals surface area contributed by atoms with Crippen molar-refractivity contribution in [3.8, 4) is 0 Å². The first kappa shape index (κ1) is 16.3. The molecule has 0 radical (unpaired) electrons. The molecule has 21 heavy (non-hydrogen) atoms. The summed E-state index contributed by atoms with van der Waals surface area (Å²) in [6.07, 6.45) is -2.26. The van der Waals surface area contributed by atoms with Gasteiger partial charge in [-0.1, -0.05) is 17.7 Å². The van der Waals surface area contributed by atoms with E-state index in [-0.39, 0.29) is 18.0 Å². The molecule has 8 heteroatoms. The largest absolute Gasteiger partial charge is 0.395 e. The molecule has 7 nitrogen and oxygen atoms in total. The topological polar surface area (TPSA) is 119 Å². The monoisotopic (exact) mass is 316 g/mol. The average Bonchev–Trinajstić information content (AvgIpc) is 2.73. The number of hydrogen-bond donors (Lipinski definition) is 5. The van der Waals surface area contributed by atoms with Crippen LogP contribution in [-0.4, -0.2) is 61.2 Å². The number of aryl methyl sites for hydroxylation is 1. The zero-order chi connectivity index (χ0) is 15.6. The maximum atomic E-state index is 12.1. The molecule has 0 bridgehead atoms. The molecule has 0 saturated carbocycles. The molecule has 1 heterocycles. The van der Waals surface area contributed by atoms with E-state index in [2.05, 4.69) is 10.0 Å². The zero-order valence-electron chi connectivity index (χ0n) is 11.6. The maximum Gasteiger partial charge on any atom is 0.240 e. The van der Waals surface area contributed by atoms with Gasteiger partial charge in [0.05, 0.1) is 29.8 Å². The van der Waals surface area contributed by atoms with Crippen LogP contribution in [0.25, 0.3) is 0 Å². The molecule has 0 aromatic heterocycles. The molecular formula is C13H20N2O5S. The first-order valence-electron chi connectivity index (χ1n) is 6.64. The van der Waals surface area contributed by atoms with Crippen molar-refractivity contribution in [1.29, 1.82) is 0 Å². The van der Waals surface area contributed by atoms with Gasteiger partial charge in [-0.05, 0) is 19.1 Å². The van der Waals surface area contributed by atoms with E-state index in [1.54, 1.807) is 12.1 Å². The molecule has 1 saturated heterocycles. The highest BCUT2D eigenvalue weighted by Gasteiger charge is 2.40. The van der Waals surface area contributed by atoms with E-state index < -0.39 is 34.3 Å². The molecule has 0 unspecified atom stereocenters. The van der Waals surface area contributed by atoms with Crippen molar-refractivity contribution < 1.29 is 23.7 Å². The highest BCUT2D eigenvalue weighted by Crippen LogP contribution is 2.15. The Hall–Kier alpha value is -1.03. The number of nitrogens with one attached hydrogen (secondary N) is 2. The molecule has 4 atom stereocenters.